The Balaban J connectivity index is 1.43. The third-order valence-electron chi connectivity index (χ3n) is 5.02. The van der Waals surface area contributed by atoms with E-state index in [1.807, 2.05) is 36.4 Å². The van der Waals surface area contributed by atoms with Gasteiger partial charge in [-0.25, -0.2) is 5.43 Å². The van der Waals surface area contributed by atoms with Crippen LogP contribution < -0.4 is 5.43 Å². The van der Waals surface area contributed by atoms with Crippen LogP contribution in [0.3, 0.4) is 0 Å². The Bertz CT molecular complexity index is 1210. The molecule has 4 aromatic rings. The summed E-state index contributed by atoms with van der Waals surface area (Å²) in [5.74, 6) is -0.336. The zero-order chi connectivity index (χ0) is 21.1. The summed E-state index contributed by atoms with van der Waals surface area (Å²) >= 11 is 0. The predicted molar refractivity (Wildman–Crippen MR) is 122 cm³/mol. The lowest BCUT2D eigenvalue weighted by Crippen LogP contribution is -2.18. The number of benzene rings is 3. The van der Waals surface area contributed by atoms with E-state index in [9.17, 15) is 4.79 Å². The summed E-state index contributed by atoms with van der Waals surface area (Å²) < 4.78 is 0. The maximum Gasteiger partial charge on any atom is 0.289 e. The number of H-pyrrole nitrogens is 1. The Labute approximate surface area is 175 Å². The summed E-state index contributed by atoms with van der Waals surface area (Å²) in [5.41, 5.74) is 6.85. The molecule has 0 aliphatic rings. The molecule has 0 bridgehead atoms. The van der Waals surface area contributed by atoms with Gasteiger partial charge in [0.15, 0.2) is 0 Å². The molecule has 3 aromatic carbocycles. The highest BCUT2D eigenvalue weighted by Gasteiger charge is 2.13. The van der Waals surface area contributed by atoms with E-state index < -0.39 is 0 Å². The van der Waals surface area contributed by atoms with Gasteiger partial charge in [0.05, 0.1) is 11.9 Å². The molecule has 0 aliphatic heterocycles. The molecule has 0 saturated heterocycles. The fourth-order valence-electron chi connectivity index (χ4n) is 3.23. The number of aromatic nitrogens is 2. The second kappa shape index (κ2) is 7.95. The fraction of sp³-hybridized carbons (Fsp3) is 0.160. The van der Waals surface area contributed by atoms with E-state index in [2.05, 4.69) is 71.8 Å². The van der Waals surface area contributed by atoms with E-state index in [-0.39, 0.29) is 11.3 Å². The van der Waals surface area contributed by atoms with Gasteiger partial charge in [0, 0.05) is 5.56 Å². The molecule has 150 valence electrons. The first-order chi connectivity index (χ1) is 14.4. The average Bonchev–Trinajstić information content (AvgIpc) is 3.23. The van der Waals surface area contributed by atoms with Crippen LogP contribution in [0.25, 0.3) is 22.0 Å². The van der Waals surface area contributed by atoms with Crippen LogP contribution in [0, 0.1) is 0 Å². The molecule has 0 atom stereocenters. The molecule has 30 heavy (non-hydrogen) atoms. The van der Waals surface area contributed by atoms with Crippen molar-refractivity contribution in [2.24, 2.45) is 5.10 Å². The van der Waals surface area contributed by atoms with Crippen LogP contribution >= 0.6 is 0 Å². The Hall–Kier alpha value is -3.73. The van der Waals surface area contributed by atoms with Gasteiger partial charge >= 0.3 is 0 Å². The van der Waals surface area contributed by atoms with Gasteiger partial charge < -0.3 is 0 Å². The van der Waals surface area contributed by atoms with Crippen LogP contribution in [0.1, 0.15) is 42.4 Å². The SMILES string of the molecule is CC(C)(C)c1ccc(C=NNC(=O)c2cc(-c3ccc4ccccc4c3)n[nH]2)cc1. The standard InChI is InChI=1S/C25H24N4O/c1-25(2,3)21-12-8-17(9-13-21)16-26-29-24(30)23-15-22(27-28-23)20-11-10-18-6-4-5-7-19(18)14-20/h4-16H,1-3H3,(H,27,28)(H,29,30). The normalized spacial score (nSPS) is 11.8. The van der Waals surface area contributed by atoms with Gasteiger partial charge in [-0.2, -0.15) is 10.2 Å². The van der Waals surface area contributed by atoms with Crippen molar-refractivity contribution >= 4 is 22.9 Å². The van der Waals surface area contributed by atoms with Crippen molar-refractivity contribution in [3.63, 3.8) is 0 Å². The smallest absolute Gasteiger partial charge is 0.272 e. The molecule has 5 nitrogen and oxygen atoms in total. The number of hydrogen-bond acceptors (Lipinski definition) is 3. The number of nitrogens with zero attached hydrogens (tertiary/aromatic N) is 2. The maximum atomic E-state index is 12.4. The highest BCUT2D eigenvalue weighted by Crippen LogP contribution is 2.24. The quantitative estimate of drug-likeness (QED) is 0.363. The minimum atomic E-state index is -0.336. The zero-order valence-electron chi connectivity index (χ0n) is 17.3. The first-order valence-corrected chi connectivity index (χ1v) is 9.89. The minimum absolute atomic E-state index is 0.104. The monoisotopic (exact) mass is 396 g/mol. The number of hydrogen-bond donors (Lipinski definition) is 2. The number of amides is 1. The number of carbonyl (C=O) groups is 1. The number of nitrogens with one attached hydrogen (secondary N) is 2. The highest BCUT2D eigenvalue weighted by molar-refractivity contribution is 5.94. The van der Waals surface area contributed by atoms with E-state index in [1.54, 1.807) is 12.3 Å². The number of rotatable bonds is 4. The molecular weight excluding hydrogens is 372 g/mol. The van der Waals surface area contributed by atoms with Gasteiger partial charge in [-0.05, 0) is 39.4 Å². The van der Waals surface area contributed by atoms with Gasteiger partial charge in [-0.15, -0.1) is 0 Å². The molecule has 0 aliphatic carbocycles. The molecule has 0 spiro atoms. The number of fused-ring (bicyclic) bond motifs is 1. The largest absolute Gasteiger partial charge is 0.289 e. The minimum Gasteiger partial charge on any atom is -0.272 e. The molecule has 5 heteroatoms. The van der Waals surface area contributed by atoms with Crippen molar-refractivity contribution in [3.8, 4) is 11.3 Å². The lowest BCUT2D eigenvalue weighted by Gasteiger charge is -2.18. The van der Waals surface area contributed by atoms with Crippen LogP contribution in [0.15, 0.2) is 77.9 Å². The third-order valence-corrected chi connectivity index (χ3v) is 5.02. The zero-order valence-corrected chi connectivity index (χ0v) is 17.3. The maximum absolute atomic E-state index is 12.4. The lowest BCUT2D eigenvalue weighted by molar-refractivity contribution is 0.0950. The van der Waals surface area contributed by atoms with Crippen LogP contribution in [0.5, 0.6) is 0 Å². The highest BCUT2D eigenvalue weighted by atomic mass is 16.2. The van der Waals surface area contributed by atoms with Crippen LogP contribution in [0.4, 0.5) is 0 Å². The third kappa shape index (κ3) is 4.30. The molecule has 1 amide bonds. The number of aromatic amines is 1. The average molecular weight is 396 g/mol. The summed E-state index contributed by atoms with van der Waals surface area (Å²) in [5, 5.41) is 13.4. The molecule has 2 N–H and O–H groups in total. The molecule has 0 unspecified atom stereocenters. The lowest BCUT2D eigenvalue weighted by atomic mass is 9.87. The van der Waals surface area contributed by atoms with Gasteiger partial charge in [0.2, 0.25) is 0 Å². The van der Waals surface area contributed by atoms with E-state index in [0.717, 1.165) is 16.5 Å². The van der Waals surface area contributed by atoms with E-state index in [1.165, 1.54) is 10.9 Å². The second-order valence-corrected chi connectivity index (χ2v) is 8.30. The van der Waals surface area contributed by atoms with E-state index in [0.29, 0.717) is 11.4 Å². The molecule has 1 heterocycles. The van der Waals surface area contributed by atoms with E-state index >= 15 is 0 Å². The van der Waals surface area contributed by atoms with E-state index in [4.69, 9.17) is 0 Å². The molecule has 1 aromatic heterocycles. The number of carbonyl (C=O) groups excluding carboxylic acids is 1. The van der Waals surface area contributed by atoms with Crippen LogP contribution in [-0.2, 0) is 5.41 Å². The predicted octanol–water partition coefficient (Wildman–Crippen LogP) is 5.29. The topological polar surface area (TPSA) is 70.1 Å². The summed E-state index contributed by atoms with van der Waals surface area (Å²) in [6.45, 7) is 6.52. The fourth-order valence-corrected chi connectivity index (χ4v) is 3.23. The second-order valence-electron chi connectivity index (χ2n) is 8.30. The van der Waals surface area contributed by atoms with Gasteiger partial charge in [-0.3, -0.25) is 9.89 Å². The van der Waals surface area contributed by atoms with Gasteiger partial charge in [0.25, 0.3) is 5.91 Å². The Morgan fingerprint density at radius 1 is 0.967 bits per heavy atom. The van der Waals surface area contributed by atoms with Crippen molar-refractivity contribution in [1.29, 1.82) is 0 Å². The van der Waals surface area contributed by atoms with Crippen molar-refractivity contribution in [1.82, 2.24) is 15.6 Å². The van der Waals surface area contributed by atoms with Crippen molar-refractivity contribution in [2.75, 3.05) is 0 Å². The van der Waals surface area contributed by atoms with Gasteiger partial charge in [-0.1, -0.05) is 81.4 Å². The summed E-state index contributed by atoms with van der Waals surface area (Å²) in [4.78, 5) is 12.4. The first kappa shape index (κ1) is 19.6. The molecule has 0 radical (unpaired) electrons. The van der Waals surface area contributed by atoms with Crippen LogP contribution in [0.2, 0.25) is 0 Å². The summed E-state index contributed by atoms with van der Waals surface area (Å²) in [6, 6.07) is 24.1. The Kier molecular flexibility index (Phi) is 5.19. The summed E-state index contributed by atoms with van der Waals surface area (Å²) in [7, 11) is 0. The Morgan fingerprint density at radius 2 is 1.70 bits per heavy atom. The van der Waals surface area contributed by atoms with Crippen LogP contribution in [-0.4, -0.2) is 22.3 Å². The molecule has 0 fully saturated rings. The Morgan fingerprint density at radius 3 is 2.43 bits per heavy atom. The van der Waals surface area contributed by atoms with Crippen molar-refractivity contribution in [2.45, 2.75) is 26.2 Å². The van der Waals surface area contributed by atoms with Crippen molar-refractivity contribution < 1.29 is 4.79 Å². The molecule has 4 rings (SSSR count). The number of hydrazone groups is 1. The first-order valence-electron chi connectivity index (χ1n) is 9.89. The van der Waals surface area contributed by atoms with Gasteiger partial charge in [0.1, 0.15) is 5.69 Å². The summed E-state index contributed by atoms with van der Waals surface area (Å²) in [6.07, 6.45) is 1.63. The molecular formula is C25H24N4O. The van der Waals surface area contributed by atoms with Crippen molar-refractivity contribution in [3.05, 3.63) is 89.6 Å². The molecule has 0 saturated carbocycles.